The van der Waals surface area contributed by atoms with Gasteiger partial charge in [0, 0.05) is 13.0 Å². The minimum atomic E-state index is -2.17. The fraction of sp³-hybridized carbons (Fsp3) is 0.667. The second-order valence-electron chi connectivity index (χ2n) is 3.24. The molecule has 1 amide bonds. The monoisotopic (exact) mass is 336 g/mol. The van der Waals surface area contributed by atoms with Crippen molar-refractivity contribution in [1.82, 2.24) is 5.32 Å². The summed E-state index contributed by atoms with van der Waals surface area (Å²) < 4.78 is -2.17. The molecule has 112 valence electrons. The van der Waals surface area contributed by atoms with Crippen LogP contribution in [0, 0.1) is 0 Å². The molecule has 0 heterocycles. The Kier molecular flexibility index (Phi) is 10.9. The molecule has 0 aromatic heterocycles. The average Bonchev–Trinajstić information content (AvgIpc) is 2.25. The molecule has 0 aromatic carbocycles. The highest BCUT2D eigenvalue weighted by Gasteiger charge is 2.29. The summed E-state index contributed by atoms with van der Waals surface area (Å²) in [6.07, 6.45) is 0.350. The van der Waals surface area contributed by atoms with Crippen molar-refractivity contribution in [3.63, 3.8) is 0 Å². The third-order valence-corrected chi connectivity index (χ3v) is 2.10. The first kappa shape index (κ1) is 20.6. The number of carboxylic acids is 2. The summed E-state index contributed by atoms with van der Waals surface area (Å²) in [5.41, 5.74) is 5.18. The number of nitrogens with one attached hydrogen (secondary N) is 1. The van der Waals surface area contributed by atoms with Gasteiger partial charge in [-0.2, -0.15) is 0 Å². The predicted molar refractivity (Wildman–Crippen MR) is 71.5 cm³/mol. The van der Waals surface area contributed by atoms with E-state index in [1.807, 2.05) is 0 Å². The first-order valence-corrected chi connectivity index (χ1v) is 6.20. The highest BCUT2D eigenvalue weighted by atomic mass is 35.6. The summed E-state index contributed by atoms with van der Waals surface area (Å²) in [6.45, 7) is 2.36. The van der Waals surface area contributed by atoms with Gasteiger partial charge >= 0.3 is 11.9 Å². The van der Waals surface area contributed by atoms with E-state index < -0.39 is 21.8 Å². The molecule has 5 N–H and O–H groups in total. The number of nitrogens with two attached hydrogens (primary N) is 1. The molecule has 0 aliphatic rings. The maximum absolute atomic E-state index is 10.8. The molecule has 0 spiro atoms. The number of amides is 1. The molecular weight excluding hydrogens is 322 g/mol. The lowest BCUT2D eigenvalue weighted by atomic mass is 10.1. The van der Waals surface area contributed by atoms with E-state index >= 15 is 0 Å². The number of carbonyl (C=O) groups is 3. The number of carbonyl (C=O) groups excluding carboxylic acids is 1. The lowest BCUT2D eigenvalue weighted by Gasteiger charge is -2.05. The Balaban J connectivity index is 0. The van der Waals surface area contributed by atoms with Crippen molar-refractivity contribution in [2.24, 2.45) is 5.73 Å². The van der Waals surface area contributed by atoms with E-state index in [9.17, 15) is 14.4 Å². The van der Waals surface area contributed by atoms with Gasteiger partial charge in [-0.15, -0.1) is 0 Å². The van der Waals surface area contributed by atoms with E-state index in [2.05, 4.69) is 5.32 Å². The number of aliphatic carboxylic acids is 2. The van der Waals surface area contributed by atoms with Crippen molar-refractivity contribution < 1.29 is 24.6 Å². The molecule has 0 aromatic rings. The van der Waals surface area contributed by atoms with Gasteiger partial charge in [-0.3, -0.25) is 9.59 Å². The van der Waals surface area contributed by atoms with E-state index in [1.54, 1.807) is 6.92 Å². The molecule has 0 saturated carbocycles. The molecule has 19 heavy (non-hydrogen) atoms. The Bertz CT molecular complexity index is 319. The highest BCUT2D eigenvalue weighted by Crippen LogP contribution is 2.25. The van der Waals surface area contributed by atoms with Gasteiger partial charge in [-0.25, -0.2) is 4.79 Å². The zero-order valence-corrected chi connectivity index (χ0v) is 12.3. The van der Waals surface area contributed by atoms with E-state index in [4.69, 9.17) is 50.7 Å². The smallest absolute Gasteiger partial charge is 0.356 e. The molecule has 7 nitrogen and oxygen atoms in total. The molecule has 1 atom stereocenters. The third kappa shape index (κ3) is 13.5. The summed E-state index contributed by atoms with van der Waals surface area (Å²) in [4.78, 5) is 30.6. The van der Waals surface area contributed by atoms with Gasteiger partial charge < -0.3 is 21.3 Å². The minimum absolute atomic E-state index is 0.158. The van der Waals surface area contributed by atoms with Gasteiger partial charge in [-0.05, 0) is 13.3 Å². The normalized spacial score (nSPS) is 11.8. The molecule has 10 heteroatoms. The quantitative estimate of drug-likeness (QED) is 0.548. The maximum atomic E-state index is 10.8. The van der Waals surface area contributed by atoms with Crippen LogP contribution in [0.1, 0.15) is 19.8 Å². The second kappa shape index (κ2) is 10.1. The van der Waals surface area contributed by atoms with Gasteiger partial charge in [0.2, 0.25) is 5.91 Å². The van der Waals surface area contributed by atoms with Gasteiger partial charge in [0.15, 0.2) is 0 Å². The van der Waals surface area contributed by atoms with Gasteiger partial charge in [0.25, 0.3) is 3.79 Å². The van der Waals surface area contributed by atoms with E-state index in [-0.39, 0.29) is 18.7 Å². The van der Waals surface area contributed by atoms with Crippen molar-refractivity contribution in [1.29, 1.82) is 0 Å². The molecule has 0 aliphatic heterocycles. The number of hydrogen-bond donors (Lipinski definition) is 4. The lowest BCUT2D eigenvalue weighted by molar-refractivity contribution is -0.139. The summed E-state index contributed by atoms with van der Waals surface area (Å²) in [5, 5.41) is 18.8. The van der Waals surface area contributed by atoms with Crippen molar-refractivity contribution in [2.75, 3.05) is 6.54 Å². The Morgan fingerprint density at radius 2 is 1.68 bits per heavy atom. The molecular formula is C9H15Cl3N2O5. The Morgan fingerprint density at radius 3 is 1.95 bits per heavy atom. The average molecular weight is 338 g/mol. The maximum Gasteiger partial charge on any atom is 0.356 e. The van der Waals surface area contributed by atoms with Gasteiger partial charge in [0.1, 0.15) is 6.04 Å². The van der Waals surface area contributed by atoms with Crippen LogP contribution in [0.25, 0.3) is 0 Å². The number of rotatable bonds is 5. The summed E-state index contributed by atoms with van der Waals surface area (Å²) in [7, 11) is 0. The molecule has 0 radical (unpaired) electrons. The molecule has 0 saturated heterocycles. The van der Waals surface area contributed by atoms with Crippen LogP contribution in [0.2, 0.25) is 0 Å². The summed E-state index contributed by atoms with van der Waals surface area (Å²) in [6, 6.07) is -0.937. The SMILES string of the molecule is CCNC(=O)CC[C@H](N)C(=O)O.O=C(O)C(Cl)(Cl)Cl. The molecule has 0 rings (SSSR count). The van der Waals surface area contributed by atoms with Crippen LogP contribution in [0.5, 0.6) is 0 Å². The molecule has 0 bridgehead atoms. The van der Waals surface area contributed by atoms with Crippen molar-refractivity contribution in [2.45, 2.75) is 29.6 Å². The molecule has 0 unspecified atom stereocenters. The number of hydrogen-bond acceptors (Lipinski definition) is 4. The first-order valence-electron chi connectivity index (χ1n) is 5.07. The van der Waals surface area contributed by atoms with Crippen LogP contribution in [-0.4, -0.2) is 44.4 Å². The summed E-state index contributed by atoms with van der Waals surface area (Å²) >= 11 is 14.4. The Morgan fingerprint density at radius 1 is 1.26 bits per heavy atom. The van der Waals surface area contributed by atoms with Crippen LogP contribution < -0.4 is 11.1 Å². The van der Waals surface area contributed by atoms with Crippen molar-refractivity contribution >= 4 is 52.6 Å². The highest BCUT2D eigenvalue weighted by molar-refractivity contribution is 6.75. The largest absolute Gasteiger partial charge is 0.480 e. The van der Waals surface area contributed by atoms with E-state index in [1.165, 1.54) is 0 Å². The van der Waals surface area contributed by atoms with Crippen LogP contribution >= 0.6 is 34.8 Å². The van der Waals surface area contributed by atoms with Crippen molar-refractivity contribution in [3.05, 3.63) is 0 Å². The van der Waals surface area contributed by atoms with Crippen LogP contribution in [0.3, 0.4) is 0 Å². The topological polar surface area (TPSA) is 130 Å². The first-order chi connectivity index (χ1) is 8.52. The van der Waals surface area contributed by atoms with E-state index in [0.717, 1.165) is 0 Å². The second-order valence-corrected chi connectivity index (χ2v) is 5.52. The fourth-order valence-electron chi connectivity index (χ4n) is 0.696. The lowest BCUT2D eigenvalue weighted by Crippen LogP contribution is -2.32. The molecule has 0 fully saturated rings. The third-order valence-electron chi connectivity index (χ3n) is 1.62. The van der Waals surface area contributed by atoms with Crippen LogP contribution in [0.4, 0.5) is 0 Å². The van der Waals surface area contributed by atoms with Crippen molar-refractivity contribution in [3.8, 4) is 0 Å². The van der Waals surface area contributed by atoms with Crippen LogP contribution in [-0.2, 0) is 14.4 Å². The zero-order chi connectivity index (χ0) is 15.6. The number of carboxylic acid groups (broad SMARTS) is 2. The minimum Gasteiger partial charge on any atom is -0.480 e. The number of alkyl halides is 3. The molecule has 0 aliphatic carbocycles. The Hall–Kier alpha value is -0.760. The van der Waals surface area contributed by atoms with E-state index in [0.29, 0.717) is 6.54 Å². The summed E-state index contributed by atoms with van der Waals surface area (Å²) in [5.74, 6) is -2.69. The van der Waals surface area contributed by atoms with Gasteiger partial charge in [0.05, 0.1) is 0 Å². The number of halogens is 3. The standard InChI is InChI=1S/C7H14N2O3.C2HCl3O2/c1-2-9-6(10)4-3-5(8)7(11)12;3-2(4,5)1(6)7/h5H,2-4,8H2,1H3,(H,9,10)(H,11,12);(H,6,7)/t5-;/m0./s1. The fourth-order valence-corrected chi connectivity index (χ4v) is 0.696. The van der Waals surface area contributed by atoms with Gasteiger partial charge in [-0.1, -0.05) is 34.8 Å². The predicted octanol–water partition coefficient (Wildman–Crippen LogP) is 0.756. The van der Waals surface area contributed by atoms with Crippen LogP contribution in [0.15, 0.2) is 0 Å². The Labute approximate surface area is 125 Å². The zero-order valence-electron chi connectivity index (χ0n) is 10.0.